The number of fused-ring (bicyclic) bond motifs is 3. The predicted octanol–water partition coefficient (Wildman–Crippen LogP) is 3.83. The highest BCUT2D eigenvalue weighted by Gasteiger charge is 2.52. The fourth-order valence-corrected chi connectivity index (χ4v) is 7.01. The number of hydrogen-bond donors (Lipinski definition) is 2. The summed E-state index contributed by atoms with van der Waals surface area (Å²) in [4.78, 5) is 14.2. The van der Waals surface area contributed by atoms with Crippen LogP contribution in [0.25, 0.3) is 0 Å². The van der Waals surface area contributed by atoms with E-state index in [1.807, 2.05) is 17.5 Å². The molecule has 1 saturated carbocycles. The van der Waals surface area contributed by atoms with Gasteiger partial charge in [-0.25, -0.2) is 4.79 Å². The van der Waals surface area contributed by atoms with Crippen molar-refractivity contribution in [3.63, 3.8) is 0 Å². The van der Waals surface area contributed by atoms with Gasteiger partial charge in [-0.1, -0.05) is 25.3 Å². The number of carbonyl (C=O) groups excluding carboxylic acids is 1. The molecule has 1 aliphatic carbocycles. The van der Waals surface area contributed by atoms with Gasteiger partial charge >= 0.3 is 5.97 Å². The Morgan fingerprint density at radius 3 is 2.53 bits per heavy atom. The number of aliphatic hydroxyl groups is 2. The third-order valence-electron chi connectivity index (χ3n) is 7.99. The third kappa shape index (κ3) is 4.47. The smallest absolute Gasteiger partial charge is 0.344 e. The van der Waals surface area contributed by atoms with E-state index < -0.39 is 11.6 Å². The number of piperidine rings is 3. The Bertz CT molecular complexity index is 679. The number of unbranched alkanes of at least 4 members (excludes halogenated alkanes) is 3. The van der Waals surface area contributed by atoms with Crippen LogP contribution in [0.2, 0.25) is 0 Å². The molecule has 0 unspecified atom stereocenters. The zero-order valence-electron chi connectivity index (χ0n) is 18.1. The lowest BCUT2D eigenvalue weighted by atomic mass is 9.82. The minimum absolute atomic E-state index is 0.0283. The van der Waals surface area contributed by atoms with E-state index >= 15 is 0 Å². The molecule has 2 N–H and O–H groups in total. The van der Waals surface area contributed by atoms with E-state index in [4.69, 9.17) is 9.84 Å². The molecular formula is C24H38NO4S+. The minimum atomic E-state index is -1.48. The molecule has 0 aromatic carbocycles. The average molecular weight is 437 g/mol. The van der Waals surface area contributed by atoms with Crippen molar-refractivity contribution < 1.29 is 24.2 Å². The third-order valence-corrected chi connectivity index (χ3v) is 8.99. The van der Waals surface area contributed by atoms with Gasteiger partial charge in [-0.05, 0) is 43.6 Å². The van der Waals surface area contributed by atoms with Crippen LogP contribution in [0.3, 0.4) is 0 Å². The molecule has 30 heavy (non-hydrogen) atoms. The molecule has 6 heteroatoms. The number of rotatable bonds is 10. The van der Waals surface area contributed by atoms with E-state index in [2.05, 4.69) is 0 Å². The monoisotopic (exact) mass is 436 g/mol. The van der Waals surface area contributed by atoms with Crippen molar-refractivity contribution >= 4 is 17.3 Å². The van der Waals surface area contributed by atoms with Gasteiger partial charge in [0.15, 0.2) is 11.7 Å². The average Bonchev–Trinajstić information content (AvgIpc) is 3.48. The molecule has 5 rings (SSSR count). The quantitative estimate of drug-likeness (QED) is 0.332. The van der Waals surface area contributed by atoms with Crippen LogP contribution in [-0.2, 0) is 15.1 Å². The fraction of sp³-hybridized carbons (Fsp3) is 0.792. The first-order chi connectivity index (χ1) is 14.6. The summed E-state index contributed by atoms with van der Waals surface area (Å²) in [5.74, 6) is 0.00982. The first-order valence-electron chi connectivity index (χ1n) is 12.0. The maximum atomic E-state index is 13.4. The van der Waals surface area contributed by atoms with Gasteiger partial charge in [-0.3, -0.25) is 0 Å². The van der Waals surface area contributed by atoms with Gasteiger partial charge in [0.25, 0.3) is 0 Å². The predicted molar refractivity (Wildman–Crippen MR) is 118 cm³/mol. The number of nitrogens with zero attached hydrogens (tertiary/aromatic N) is 1. The lowest BCUT2D eigenvalue weighted by Crippen LogP contribution is -2.65. The number of ether oxygens (including phenoxy) is 1. The molecular weight excluding hydrogens is 398 g/mol. The highest BCUT2D eigenvalue weighted by molar-refractivity contribution is 7.10. The Morgan fingerprint density at radius 1 is 1.13 bits per heavy atom. The van der Waals surface area contributed by atoms with Crippen LogP contribution in [0.1, 0.15) is 69.1 Å². The Kier molecular flexibility index (Phi) is 7.18. The van der Waals surface area contributed by atoms with Crippen molar-refractivity contribution in [2.45, 2.75) is 75.9 Å². The molecule has 3 saturated heterocycles. The number of hydrogen-bond acceptors (Lipinski definition) is 5. The summed E-state index contributed by atoms with van der Waals surface area (Å²) < 4.78 is 7.23. The molecule has 1 aromatic rings. The molecule has 4 fully saturated rings. The van der Waals surface area contributed by atoms with E-state index in [-0.39, 0.29) is 18.6 Å². The molecule has 4 aliphatic rings. The van der Waals surface area contributed by atoms with Crippen LogP contribution < -0.4 is 0 Å². The Balaban J connectivity index is 1.42. The van der Waals surface area contributed by atoms with E-state index in [1.165, 1.54) is 30.8 Å². The first kappa shape index (κ1) is 22.3. The molecule has 0 spiro atoms. The Labute approximate surface area is 184 Å². The lowest BCUT2D eigenvalue weighted by Gasteiger charge is -2.52. The Morgan fingerprint density at radius 2 is 1.87 bits per heavy atom. The highest BCUT2D eigenvalue weighted by Crippen LogP contribution is 2.44. The van der Waals surface area contributed by atoms with Gasteiger partial charge in [-0.2, -0.15) is 0 Å². The summed E-state index contributed by atoms with van der Waals surface area (Å²) in [7, 11) is 0. The van der Waals surface area contributed by atoms with Crippen LogP contribution in [0.15, 0.2) is 17.5 Å². The zero-order chi connectivity index (χ0) is 21.0. The summed E-state index contributed by atoms with van der Waals surface area (Å²) >= 11 is 1.47. The minimum Gasteiger partial charge on any atom is -0.454 e. The number of quaternary nitrogens is 1. The van der Waals surface area contributed by atoms with E-state index in [0.29, 0.717) is 5.92 Å². The zero-order valence-corrected chi connectivity index (χ0v) is 19.0. The van der Waals surface area contributed by atoms with Crippen molar-refractivity contribution in [3.8, 4) is 0 Å². The summed E-state index contributed by atoms with van der Waals surface area (Å²) in [5.41, 5.74) is -1.48. The van der Waals surface area contributed by atoms with Crippen molar-refractivity contribution in [1.82, 2.24) is 0 Å². The number of thiophene rings is 1. The molecule has 0 amide bonds. The van der Waals surface area contributed by atoms with Gasteiger partial charge in [-0.15, -0.1) is 11.3 Å². The number of esters is 1. The molecule has 168 valence electrons. The normalized spacial score (nSPS) is 31.0. The van der Waals surface area contributed by atoms with Crippen molar-refractivity contribution in [2.75, 3.05) is 32.8 Å². The topological polar surface area (TPSA) is 66.8 Å². The molecule has 2 atom stereocenters. The second-order valence-corrected chi connectivity index (χ2v) is 10.8. The second kappa shape index (κ2) is 9.68. The maximum absolute atomic E-state index is 13.4. The van der Waals surface area contributed by atoms with Crippen molar-refractivity contribution in [3.05, 3.63) is 22.4 Å². The largest absolute Gasteiger partial charge is 0.454 e. The van der Waals surface area contributed by atoms with E-state index in [0.717, 1.165) is 80.2 Å². The molecule has 3 aliphatic heterocycles. The van der Waals surface area contributed by atoms with Crippen LogP contribution in [0, 0.1) is 11.8 Å². The fourth-order valence-electron chi connectivity index (χ4n) is 6.12. The summed E-state index contributed by atoms with van der Waals surface area (Å²) in [6, 6.07) is 3.81. The second-order valence-electron chi connectivity index (χ2n) is 9.84. The molecule has 5 nitrogen and oxygen atoms in total. The highest BCUT2D eigenvalue weighted by atomic mass is 32.1. The van der Waals surface area contributed by atoms with Gasteiger partial charge in [0, 0.05) is 36.2 Å². The van der Waals surface area contributed by atoms with Crippen LogP contribution in [0.4, 0.5) is 0 Å². The molecule has 0 radical (unpaired) electrons. The van der Waals surface area contributed by atoms with Crippen molar-refractivity contribution in [1.29, 1.82) is 0 Å². The lowest BCUT2D eigenvalue weighted by molar-refractivity contribution is -0.946. The van der Waals surface area contributed by atoms with E-state index in [9.17, 15) is 9.90 Å². The van der Waals surface area contributed by atoms with Crippen LogP contribution in [0.5, 0.6) is 0 Å². The van der Waals surface area contributed by atoms with Crippen LogP contribution in [-0.4, -0.2) is 59.6 Å². The standard InChI is InChI=1S/C24H38NO4S/c26-16-6-2-1-5-13-25-14-11-19(12-15-25)21(18-25)29-23(27)24(28,20-8-3-4-9-20)22-10-7-17-30-22/h7,10,17,19-21,26,28H,1-6,8-9,11-16,18H2/q+1/t19?,21-,24+,25?/m0/s1. The van der Waals surface area contributed by atoms with Crippen LogP contribution >= 0.6 is 11.3 Å². The molecule has 4 heterocycles. The maximum Gasteiger partial charge on any atom is 0.344 e. The molecule has 2 bridgehead atoms. The van der Waals surface area contributed by atoms with Gasteiger partial charge < -0.3 is 19.4 Å². The summed E-state index contributed by atoms with van der Waals surface area (Å²) in [5, 5.41) is 22.6. The number of aliphatic hydroxyl groups excluding tert-OH is 1. The summed E-state index contributed by atoms with van der Waals surface area (Å²) in [6.07, 6.45) is 10.4. The SMILES string of the molecule is O=C(O[C@H]1C[N+]2(CCCCCCO)CCC1CC2)[C@](O)(c1cccs1)C1CCCC1. The van der Waals surface area contributed by atoms with Gasteiger partial charge in [0.05, 0.1) is 19.6 Å². The first-order valence-corrected chi connectivity index (χ1v) is 12.9. The van der Waals surface area contributed by atoms with Gasteiger partial charge in [0.1, 0.15) is 6.54 Å². The van der Waals surface area contributed by atoms with Gasteiger partial charge in [0.2, 0.25) is 0 Å². The number of carbonyl (C=O) groups is 1. The molecule has 1 aromatic heterocycles. The Hall–Kier alpha value is -0.950. The van der Waals surface area contributed by atoms with Crippen molar-refractivity contribution in [2.24, 2.45) is 11.8 Å². The summed E-state index contributed by atoms with van der Waals surface area (Å²) in [6.45, 7) is 4.71. The van der Waals surface area contributed by atoms with E-state index in [1.54, 1.807) is 0 Å².